The summed E-state index contributed by atoms with van der Waals surface area (Å²) in [5.41, 5.74) is 3.38. The van der Waals surface area contributed by atoms with Gasteiger partial charge in [-0.15, -0.1) is 0 Å². The predicted molar refractivity (Wildman–Crippen MR) is 212 cm³/mol. The van der Waals surface area contributed by atoms with Crippen molar-refractivity contribution in [2.45, 2.75) is 77.9 Å². The maximum atomic E-state index is 13.4. The molecule has 296 valence electrons. The van der Waals surface area contributed by atoms with Gasteiger partial charge in [-0.05, 0) is 106 Å². The average Bonchev–Trinajstić information content (AvgIpc) is 3.94. The van der Waals surface area contributed by atoms with E-state index in [0.29, 0.717) is 66.5 Å². The van der Waals surface area contributed by atoms with Crippen molar-refractivity contribution in [2.75, 3.05) is 55.4 Å². The zero-order valence-corrected chi connectivity index (χ0v) is 32.2. The molecular formula is C42H50N6O8. The number of carbonyl (C=O) groups excluding carboxylic acids is 6. The average molecular weight is 767 g/mol. The first kappa shape index (κ1) is 41.7. The lowest BCUT2D eigenvalue weighted by molar-refractivity contribution is -0.126. The summed E-state index contributed by atoms with van der Waals surface area (Å²) in [6, 6.07) is 14.4. The third-order valence-electron chi connectivity index (χ3n) is 9.56. The molecule has 2 atom stereocenters. The number of unbranched alkanes of at least 4 members (excludes halogenated alkanes) is 2. The number of nitrogens with one attached hydrogen (secondary N) is 3. The first-order chi connectivity index (χ1) is 27.0. The van der Waals surface area contributed by atoms with Crippen molar-refractivity contribution in [1.82, 2.24) is 4.90 Å². The fourth-order valence-electron chi connectivity index (χ4n) is 6.19. The number of rotatable bonds is 23. The smallest absolute Gasteiger partial charge is 0.258 e. The molecule has 0 aromatic heterocycles. The van der Waals surface area contributed by atoms with E-state index in [2.05, 4.69) is 44.9 Å². The summed E-state index contributed by atoms with van der Waals surface area (Å²) in [5.74, 6) is -2.09. The van der Waals surface area contributed by atoms with Gasteiger partial charge in [-0.1, -0.05) is 26.3 Å². The van der Waals surface area contributed by atoms with E-state index < -0.39 is 23.6 Å². The molecule has 0 bridgehead atoms. The second-order valence-corrected chi connectivity index (χ2v) is 13.9. The van der Waals surface area contributed by atoms with E-state index in [9.17, 15) is 28.8 Å². The molecule has 14 nitrogen and oxygen atoms in total. The van der Waals surface area contributed by atoms with Crippen molar-refractivity contribution >= 4 is 57.8 Å². The molecule has 0 aliphatic carbocycles. The van der Waals surface area contributed by atoms with Gasteiger partial charge in [0.25, 0.3) is 11.8 Å². The van der Waals surface area contributed by atoms with E-state index in [1.165, 1.54) is 31.2 Å². The lowest BCUT2D eigenvalue weighted by Gasteiger charge is -2.17. The Balaban J connectivity index is 1.21. The van der Waals surface area contributed by atoms with Crippen molar-refractivity contribution in [3.63, 3.8) is 0 Å². The summed E-state index contributed by atoms with van der Waals surface area (Å²) in [6.07, 6.45) is 4.09. The minimum atomic E-state index is -1.43. The number of hydrogen-bond donors (Lipinski definition) is 3. The van der Waals surface area contributed by atoms with Gasteiger partial charge in [-0.3, -0.25) is 28.8 Å². The maximum absolute atomic E-state index is 13.4. The fraction of sp³-hybridized carbons (Fsp3) is 0.429. The minimum absolute atomic E-state index is 0.0983. The number of Topliss-reactive ketones (excluding diaryl/α,β-unsaturated/α-hetero) is 3. The van der Waals surface area contributed by atoms with Crippen LogP contribution >= 0.6 is 0 Å². The molecule has 0 spiro atoms. The standard InChI is InChI=1S/C42H50N6O8/c1-4-48(5-2)18-8-6-7-10-37(50)30-20-31(38(51)11-9-19-55-25-35-26-56-35)22-34(21-30)44-41(53)28-12-15-32(16-13-28)46-47-40(27(3)49)42(54)43-33-17-14-29-23-39(52)45-36(29)24-33/h12-17,20-22,24,35,40H,4-11,18-19,23,25-26H2,1-3H3,(H,43,54)(H,44,53)(H,45,52). The number of carbonyl (C=O) groups is 6. The van der Waals surface area contributed by atoms with Crippen LogP contribution in [0.25, 0.3) is 0 Å². The first-order valence-electron chi connectivity index (χ1n) is 19.2. The maximum Gasteiger partial charge on any atom is 0.258 e. The van der Waals surface area contributed by atoms with E-state index in [-0.39, 0.29) is 42.0 Å². The van der Waals surface area contributed by atoms with Crippen LogP contribution in [0.3, 0.4) is 0 Å². The predicted octanol–water partition coefficient (Wildman–Crippen LogP) is 6.58. The topological polar surface area (TPSA) is 188 Å². The van der Waals surface area contributed by atoms with E-state index in [0.717, 1.165) is 44.5 Å². The summed E-state index contributed by atoms with van der Waals surface area (Å²) >= 11 is 0. The fourth-order valence-corrected chi connectivity index (χ4v) is 6.19. The van der Waals surface area contributed by atoms with Crippen molar-refractivity contribution in [1.29, 1.82) is 0 Å². The van der Waals surface area contributed by atoms with Gasteiger partial charge in [-0.2, -0.15) is 10.2 Å². The van der Waals surface area contributed by atoms with Gasteiger partial charge in [0, 0.05) is 53.2 Å². The Morgan fingerprint density at radius 2 is 1.55 bits per heavy atom. The lowest BCUT2D eigenvalue weighted by Crippen LogP contribution is -2.31. The summed E-state index contributed by atoms with van der Waals surface area (Å²) in [7, 11) is 0. The number of fused-ring (bicyclic) bond motifs is 1. The van der Waals surface area contributed by atoms with Crippen LogP contribution in [0, 0.1) is 0 Å². The Bertz CT molecular complexity index is 1940. The van der Waals surface area contributed by atoms with Gasteiger partial charge >= 0.3 is 0 Å². The summed E-state index contributed by atoms with van der Waals surface area (Å²) < 4.78 is 10.7. The Labute approximate surface area is 326 Å². The van der Waals surface area contributed by atoms with E-state index in [1.54, 1.807) is 36.4 Å². The minimum Gasteiger partial charge on any atom is -0.379 e. The number of anilines is 3. The quantitative estimate of drug-likeness (QED) is 0.0315. The highest BCUT2D eigenvalue weighted by molar-refractivity contribution is 6.11. The lowest BCUT2D eigenvalue weighted by atomic mass is 9.98. The van der Waals surface area contributed by atoms with Gasteiger partial charge in [0.15, 0.2) is 17.3 Å². The molecule has 5 rings (SSSR count). The number of amides is 3. The van der Waals surface area contributed by atoms with Gasteiger partial charge in [0.1, 0.15) is 6.10 Å². The molecule has 0 radical (unpaired) electrons. The Morgan fingerprint density at radius 3 is 2.21 bits per heavy atom. The Hall–Kier alpha value is -5.44. The first-order valence-corrected chi connectivity index (χ1v) is 19.2. The molecule has 3 amide bonds. The van der Waals surface area contributed by atoms with Crippen LogP contribution in [0.1, 0.15) is 95.9 Å². The second-order valence-electron chi connectivity index (χ2n) is 13.9. The van der Waals surface area contributed by atoms with Crippen LogP contribution in [-0.4, -0.2) is 91.6 Å². The normalized spacial score (nSPS) is 15.0. The Kier molecular flexibility index (Phi) is 15.2. The van der Waals surface area contributed by atoms with Crippen LogP contribution in [0.2, 0.25) is 0 Å². The van der Waals surface area contributed by atoms with Gasteiger partial charge in [0.05, 0.1) is 25.3 Å². The van der Waals surface area contributed by atoms with E-state index in [1.807, 2.05) is 0 Å². The highest BCUT2D eigenvalue weighted by Gasteiger charge is 2.25. The third kappa shape index (κ3) is 12.5. The molecule has 2 unspecified atom stereocenters. The largest absolute Gasteiger partial charge is 0.379 e. The van der Waals surface area contributed by atoms with Gasteiger partial charge in [-0.25, -0.2) is 0 Å². The third-order valence-corrected chi connectivity index (χ3v) is 9.56. The molecule has 0 saturated carbocycles. The number of nitrogens with zero attached hydrogens (tertiary/aromatic N) is 3. The molecule has 56 heavy (non-hydrogen) atoms. The molecule has 1 saturated heterocycles. The van der Waals surface area contributed by atoms with Crippen molar-refractivity contribution in [3.8, 4) is 0 Å². The molecule has 1 fully saturated rings. The number of benzene rings is 3. The van der Waals surface area contributed by atoms with Gasteiger partial charge in [0.2, 0.25) is 11.9 Å². The van der Waals surface area contributed by atoms with Crippen molar-refractivity contribution in [2.24, 2.45) is 10.2 Å². The van der Waals surface area contributed by atoms with Crippen LogP contribution < -0.4 is 16.0 Å². The van der Waals surface area contributed by atoms with Crippen molar-refractivity contribution < 1.29 is 38.2 Å². The molecule has 2 heterocycles. The van der Waals surface area contributed by atoms with Crippen LogP contribution in [0.5, 0.6) is 0 Å². The molecule has 2 aliphatic rings. The van der Waals surface area contributed by atoms with Crippen LogP contribution in [0.15, 0.2) is 70.9 Å². The molecule has 3 aromatic carbocycles. The van der Waals surface area contributed by atoms with Crippen LogP contribution in [0.4, 0.5) is 22.7 Å². The second kappa shape index (κ2) is 20.5. The number of hydrogen-bond acceptors (Lipinski definition) is 11. The molecular weight excluding hydrogens is 716 g/mol. The molecule has 2 aliphatic heterocycles. The number of epoxide rings is 1. The zero-order chi connectivity index (χ0) is 40.0. The number of azo groups is 1. The summed E-state index contributed by atoms with van der Waals surface area (Å²) in [5, 5.41) is 16.2. The summed E-state index contributed by atoms with van der Waals surface area (Å²) in [6.45, 7) is 10.1. The highest BCUT2D eigenvalue weighted by atomic mass is 16.6. The molecule has 14 heteroatoms. The van der Waals surface area contributed by atoms with Crippen LogP contribution in [-0.2, 0) is 30.3 Å². The van der Waals surface area contributed by atoms with Crippen molar-refractivity contribution in [3.05, 3.63) is 82.9 Å². The Morgan fingerprint density at radius 1 is 0.857 bits per heavy atom. The number of ether oxygens (including phenoxy) is 2. The summed E-state index contributed by atoms with van der Waals surface area (Å²) in [4.78, 5) is 79.2. The van der Waals surface area contributed by atoms with E-state index >= 15 is 0 Å². The zero-order valence-electron chi connectivity index (χ0n) is 32.2. The monoisotopic (exact) mass is 766 g/mol. The number of ketones is 3. The SMILES string of the molecule is CCN(CC)CCCCCC(=O)c1cc(NC(=O)c2ccc(N=NC(C(C)=O)C(=O)Nc3ccc4c(c3)NC(=O)C4)cc2)cc(C(=O)CCCOCC2CO2)c1. The molecule has 3 N–H and O–H groups in total. The van der Waals surface area contributed by atoms with E-state index in [4.69, 9.17) is 9.47 Å². The highest BCUT2D eigenvalue weighted by Crippen LogP contribution is 2.27. The van der Waals surface area contributed by atoms with Gasteiger partial charge < -0.3 is 30.3 Å². The molecule has 3 aromatic rings.